The summed E-state index contributed by atoms with van der Waals surface area (Å²) in [6, 6.07) is -0.982. The summed E-state index contributed by atoms with van der Waals surface area (Å²) < 4.78 is 0. The number of allylic oxidation sites excluding steroid dienone is 1. The molecule has 3 N–H and O–H groups in total. The van der Waals surface area contributed by atoms with Gasteiger partial charge in [0.15, 0.2) is 5.78 Å². The molecule has 1 heterocycles. The second-order valence-electron chi connectivity index (χ2n) is 7.40. The fourth-order valence-corrected chi connectivity index (χ4v) is 3.98. The van der Waals surface area contributed by atoms with Crippen molar-refractivity contribution in [2.45, 2.75) is 46.1 Å². The smallest absolute Gasteiger partial charge is 0.315 e. The fourth-order valence-electron chi connectivity index (χ4n) is 3.98. The standard InChI is InChI=1S/C17H29N3O2/c1-12-5-4-8-17(2,3)13(12)6-7-15(21)14-11-19-9-10-20(14)16(18)22/h6-7,12-14,19H,4-5,8-11H2,1-3H3,(H2,18,22)/b7-6+/t12-,13+,14?/m0/s1. The Balaban J connectivity index is 2.07. The van der Waals surface area contributed by atoms with Crippen LogP contribution in [0.2, 0.25) is 0 Å². The molecule has 22 heavy (non-hydrogen) atoms. The molecule has 2 amide bonds. The average molecular weight is 307 g/mol. The summed E-state index contributed by atoms with van der Waals surface area (Å²) in [5, 5.41) is 3.16. The highest BCUT2D eigenvalue weighted by Crippen LogP contribution is 2.44. The van der Waals surface area contributed by atoms with Gasteiger partial charge < -0.3 is 16.0 Å². The van der Waals surface area contributed by atoms with Crippen LogP contribution in [0, 0.1) is 17.3 Å². The third-order valence-corrected chi connectivity index (χ3v) is 5.32. The van der Waals surface area contributed by atoms with Gasteiger partial charge in [0.05, 0.1) is 0 Å². The lowest BCUT2D eigenvalue weighted by molar-refractivity contribution is -0.119. The number of nitrogens with one attached hydrogen (secondary N) is 1. The van der Waals surface area contributed by atoms with Crippen LogP contribution in [-0.4, -0.2) is 42.4 Å². The highest BCUT2D eigenvalue weighted by molar-refractivity contribution is 5.96. The minimum absolute atomic E-state index is 0.0282. The van der Waals surface area contributed by atoms with Crippen molar-refractivity contribution in [3.05, 3.63) is 12.2 Å². The maximum absolute atomic E-state index is 12.5. The van der Waals surface area contributed by atoms with Gasteiger partial charge in [0, 0.05) is 19.6 Å². The van der Waals surface area contributed by atoms with Gasteiger partial charge in [0.25, 0.3) is 0 Å². The Labute approximate surface area is 133 Å². The van der Waals surface area contributed by atoms with Crippen molar-refractivity contribution in [1.29, 1.82) is 0 Å². The van der Waals surface area contributed by atoms with E-state index in [-0.39, 0.29) is 11.2 Å². The molecule has 5 heteroatoms. The van der Waals surface area contributed by atoms with Crippen LogP contribution >= 0.6 is 0 Å². The van der Waals surface area contributed by atoms with Gasteiger partial charge in [0.2, 0.25) is 0 Å². The first-order chi connectivity index (χ1) is 10.3. The number of ketones is 1. The van der Waals surface area contributed by atoms with Crippen molar-refractivity contribution in [1.82, 2.24) is 10.2 Å². The molecule has 2 rings (SSSR count). The van der Waals surface area contributed by atoms with Crippen molar-refractivity contribution in [3.8, 4) is 0 Å². The molecular formula is C17H29N3O2. The van der Waals surface area contributed by atoms with E-state index in [4.69, 9.17) is 5.73 Å². The van der Waals surface area contributed by atoms with Crippen molar-refractivity contribution >= 4 is 11.8 Å². The van der Waals surface area contributed by atoms with E-state index >= 15 is 0 Å². The molecule has 0 aromatic rings. The van der Waals surface area contributed by atoms with Crippen LogP contribution in [0.25, 0.3) is 0 Å². The molecule has 0 aromatic carbocycles. The molecular weight excluding hydrogens is 278 g/mol. The first-order valence-electron chi connectivity index (χ1n) is 8.32. The van der Waals surface area contributed by atoms with E-state index in [0.717, 1.165) is 0 Å². The summed E-state index contributed by atoms with van der Waals surface area (Å²) in [5.74, 6) is 0.966. The summed E-state index contributed by atoms with van der Waals surface area (Å²) in [5.41, 5.74) is 5.61. The molecule has 1 aliphatic carbocycles. The van der Waals surface area contributed by atoms with Crippen molar-refractivity contribution < 1.29 is 9.59 Å². The van der Waals surface area contributed by atoms with Gasteiger partial charge in [-0.2, -0.15) is 0 Å². The lowest BCUT2D eigenvalue weighted by Crippen LogP contribution is -2.58. The number of amides is 2. The molecule has 0 radical (unpaired) electrons. The number of carbonyl (C=O) groups excluding carboxylic acids is 2. The number of nitrogens with two attached hydrogens (primary N) is 1. The van der Waals surface area contributed by atoms with Crippen LogP contribution in [0.4, 0.5) is 4.79 Å². The third-order valence-electron chi connectivity index (χ3n) is 5.32. The number of nitrogens with zero attached hydrogens (tertiary/aromatic N) is 1. The predicted octanol–water partition coefficient (Wildman–Crippen LogP) is 1.93. The number of piperazine rings is 1. The number of rotatable bonds is 3. The third kappa shape index (κ3) is 3.69. The first kappa shape index (κ1) is 17.0. The molecule has 2 fully saturated rings. The fraction of sp³-hybridized carbons (Fsp3) is 0.765. The molecule has 1 aliphatic heterocycles. The zero-order valence-corrected chi connectivity index (χ0v) is 14.0. The number of primary amides is 1. The summed E-state index contributed by atoms with van der Waals surface area (Å²) in [6.07, 6.45) is 7.42. The summed E-state index contributed by atoms with van der Waals surface area (Å²) in [4.78, 5) is 25.4. The monoisotopic (exact) mass is 307 g/mol. The van der Waals surface area contributed by atoms with Crippen LogP contribution in [-0.2, 0) is 4.79 Å². The molecule has 1 unspecified atom stereocenters. The van der Waals surface area contributed by atoms with Crippen LogP contribution in [0.15, 0.2) is 12.2 Å². The van der Waals surface area contributed by atoms with E-state index < -0.39 is 12.1 Å². The Morgan fingerprint density at radius 2 is 2.09 bits per heavy atom. The number of urea groups is 1. The maximum Gasteiger partial charge on any atom is 0.315 e. The number of hydrogen-bond acceptors (Lipinski definition) is 3. The lowest BCUT2D eigenvalue weighted by Gasteiger charge is -2.41. The zero-order chi connectivity index (χ0) is 16.3. The second kappa shape index (κ2) is 6.82. The van der Waals surface area contributed by atoms with Gasteiger partial charge in [-0.15, -0.1) is 0 Å². The van der Waals surface area contributed by atoms with Crippen LogP contribution < -0.4 is 11.1 Å². The molecule has 0 aromatic heterocycles. The summed E-state index contributed by atoms with van der Waals surface area (Å²) >= 11 is 0. The quantitative estimate of drug-likeness (QED) is 0.782. The van der Waals surface area contributed by atoms with E-state index in [1.165, 1.54) is 24.2 Å². The molecule has 0 bridgehead atoms. The van der Waals surface area contributed by atoms with Gasteiger partial charge in [-0.1, -0.05) is 39.7 Å². The van der Waals surface area contributed by atoms with E-state index in [1.54, 1.807) is 6.08 Å². The first-order valence-corrected chi connectivity index (χ1v) is 8.32. The average Bonchev–Trinajstić information content (AvgIpc) is 2.45. The topological polar surface area (TPSA) is 75.4 Å². The normalized spacial score (nSPS) is 32.1. The van der Waals surface area contributed by atoms with E-state index in [0.29, 0.717) is 31.5 Å². The molecule has 1 saturated heterocycles. The minimum Gasteiger partial charge on any atom is -0.351 e. The molecule has 5 nitrogen and oxygen atoms in total. The Morgan fingerprint density at radius 1 is 1.36 bits per heavy atom. The molecule has 1 saturated carbocycles. The lowest BCUT2D eigenvalue weighted by atomic mass is 9.64. The largest absolute Gasteiger partial charge is 0.351 e. The minimum atomic E-state index is -0.514. The Morgan fingerprint density at radius 3 is 2.73 bits per heavy atom. The number of carbonyl (C=O) groups is 2. The molecule has 0 spiro atoms. The van der Waals surface area contributed by atoms with Gasteiger partial charge in [-0.3, -0.25) is 4.79 Å². The Bertz CT molecular complexity index is 459. The van der Waals surface area contributed by atoms with Crippen LogP contribution in [0.5, 0.6) is 0 Å². The van der Waals surface area contributed by atoms with Crippen molar-refractivity contribution in [2.24, 2.45) is 23.0 Å². The SMILES string of the molecule is C[C@H]1CCCC(C)(C)[C@@H]1/C=C/C(=O)C1CNCCN1C(N)=O. The molecule has 2 aliphatic rings. The summed E-state index contributed by atoms with van der Waals surface area (Å²) in [7, 11) is 0. The van der Waals surface area contributed by atoms with Gasteiger partial charge in [0.1, 0.15) is 6.04 Å². The molecule has 124 valence electrons. The summed E-state index contributed by atoms with van der Waals surface area (Å²) in [6.45, 7) is 8.47. The Kier molecular flexibility index (Phi) is 5.27. The van der Waals surface area contributed by atoms with E-state index in [1.807, 2.05) is 0 Å². The van der Waals surface area contributed by atoms with E-state index in [2.05, 4.69) is 32.2 Å². The van der Waals surface area contributed by atoms with Gasteiger partial charge in [-0.05, 0) is 29.7 Å². The van der Waals surface area contributed by atoms with Gasteiger partial charge in [-0.25, -0.2) is 4.79 Å². The van der Waals surface area contributed by atoms with Crippen LogP contribution in [0.1, 0.15) is 40.0 Å². The maximum atomic E-state index is 12.5. The van der Waals surface area contributed by atoms with Gasteiger partial charge >= 0.3 is 6.03 Å². The molecule has 3 atom stereocenters. The second-order valence-corrected chi connectivity index (χ2v) is 7.40. The van der Waals surface area contributed by atoms with Crippen molar-refractivity contribution in [3.63, 3.8) is 0 Å². The highest BCUT2D eigenvalue weighted by atomic mass is 16.2. The zero-order valence-electron chi connectivity index (χ0n) is 14.0. The van der Waals surface area contributed by atoms with Crippen LogP contribution in [0.3, 0.4) is 0 Å². The highest BCUT2D eigenvalue weighted by Gasteiger charge is 2.35. The van der Waals surface area contributed by atoms with Crippen molar-refractivity contribution in [2.75, 3.05) is 19.6 Å². The van der Waals surface area contributed by atoms with E-state index in [9.17, 15) is 9.59 Å². The Hall–Kier alpha value is -1.36. The number of hydrogen-bond donors (Lipinski definition) is 2. The predicted molar refractivity (Wildman–Crippen MR) is 87.4 cm³/mol.